The molecule has 1 aromatic heterocycles. The van der Waals surface area contributed by atoms with Gasteiger partial charge in [-0.3, -0.25) is 9.59 Å². The molecular formula is C26H23NO6. The zero-order chi connectivity index (χ0) is 23.0. The average Bonchev–Trinajstić information content (AvgIpc) is 2.85. The van der Waals surface area contributed by atoms with E-state index in [0.29, 0.717) is 41.4 Å². The molecule has 0 radical (unpaired) electrons. The van der Waals surface area contributed by atoms with Crippen molar-refractivity contribution in [3.8, 4) is 23.0 Å². The monoisotopic (exact) mass is 445 g/mol. The lowest BCUT2D eigenvalue weighted by atomic mass is 10.2. The Morgan fingerprint density at radius 1 is 0.909 bits per heavy atom. The van der Waals surface area contributed by atoms with E-state index in [4.69, 9.17) is 18.6 Å². The van der Waals surface area contributed by atoms with Crippen LogP contribution in [0.3, 0.4) is 0 Å². The average molecular weight is 445 g/mol. The largest absolute Gasteiger partial charge is 0.490 e. The minimum absolute atomic E-state index is 0.0450. The highest BCUT2D eigenvalue weighted by atomic mass is 16.5. The van der Waals surface area contributed by atoms with Crippen molar-refractivity contribution in [2.75, 3.05) is 13.2 Å². The molecule has 0 aliphatic carbocycles. The van der Waals surface area contributed by atoms with E-state index in [1.807, 2.05) is 43.3 Å². The number of nitrogens with one attached hydrogen (secondary N) is 1. The van der Waals surface area contributed by atoms with Crippen molar-refractivity contribution in [3.05, 3.63) is 94.8 Å². The first-order valence-corrected chi connectivity index (χ1v) is 10.5. The van der Waals surface area contributed by atoms with Crippen LogP contribution in [0.5, 0.6) is 23.0 Å². The maximum Gasteiger partial charge on any atom is 0.258 e. The van der Waals surface area contributed by atoms with Crippen molar-refractivity contribution >= 4 is 16.9 Å². The Labute approximate surface area is 190 Å². The van der Waals surface area contributed by atoms with Crippen LogP contribution in [0.25, 0.3) is 11.0 Å². The molecule has 0 fully saturated rings. The molecule has 4 aromatic rings. The van der Waals surface area contributed by atoms with E-state index in [1.165, 1.54) is 6.26 Å². The summed E-state index contributed by atoms with van der Waals surface area (Å²) in [6.45, 7) is 2.61. The molecule has 168 valence electrons. The number of ether oxygens (including phenoxy) is 3. The van der Waals surface area contributed by atoms with Crippen LogP contribution in [0, 0.1) is 0 Å². The topological polar surface area (TPSA) is 87.0 Å². The predicted octanol–water partition coefficient (Wildman–Crippen LogP) is 4.68. The summed E-state index contributed by atoms with van der Waals surface area (Å²) in [5.74, 6) is 1.16. The minimum Gasteiger partial charge on any atom is -0.490 e. The number of para-hydroxylation sites is 2. The summed E-state index contributed by atoms with van der Waals surface area (Å²) in [4.78, 5) is 24.9. The van der Waals surface area contributed by atoms with Gasteiger partial charge in [0.1, 0.15) is 17.6 Å². The Kier molecular flexibility index (Phi) is 6.90. The van der Waals surface area contributed by atoms with Gasteiger partial charge in [-0.2, -0.15) is 0 Å². The SMILES string of the molecule is CCOc1ccccc1Oc1coc2cc(OCC(=O)NCc3ccccc3)ccc2c1=O. The van der Waals surface area contributed by atoms with Crippen molar-refractivity contribution in [2.24, 2.45) is 0 Å². The van der Waals surface area contributed by atoms with Gasteiger partial charge in [-0.15, -0.1) is 0 Å². The van der Waals surface area contributed by atoms with Crippen LogP contribution in [-0.4, -0.2) is 19.1 Å². The van der Waals surface area contributed by atoms with Gasteiger partial charge < -0.3 is 23.9 Å². The number of hydrogen-bond donors (Lipinski definition) is 1. The first kappa shape index (κ1) is 22.0. The Hall–Kier alpha value is -4.26. The number of rotatable bonds is 9. The van der Waals surface area contributed by atoms with Crippen molar-refractivity contribution in [1.82, 2.24) is 5.32 Å². The first-order chi connectivity index (χ1) is 16.1. The normalized spacial score (nSPS) is 10.6. The Morgan fingerprint density at radius 3 is 2.45 bits per heavy atom. The Balaban J connectivity index is 1.42. The summed E-state index contributed by atoms with van der Waals surface area (Å²) >= 11 is 0. The van der Waals surface area contributed by atoms with Crippen LogP contribution in [0.4, 0.5) is 0 Å². The molecule has 0 bridgehead atoms. The second-order valence-corrected chi connectivity index (χ2v) is 7.12. The van der Waals surface area contributed by atoms with E-state index >= 15 is 0 Å². The van der Waals surface area contributed by atoms with Gasteiger partial charge in [0.2, 0.25) is 11.2 Å². The molecule has 7 nitrogen and oxygen atoms in total. The summed E-state index contributed by atoms with van der Waals surface area (Å²) in [6.07, 6.45) is 1.25. The lowest BCUT2D eigenvalue weighted by Crippen LogP contribution is -2.28. The molecule has 7 heteroatoms. The Morgan fingerprint density at radius 2 is 1.67 bits per heavy atom. The number of fused-ring (bicyclic) bond motifs is 1. The molecular weight excluding hydrogens is 422 g/mol. The highest BCUT2D eigenvalue weighted by Crippen LogP contribution is 2.31. The zero-order valence-corrected chi connectivity index (χ0v) is 18.1. The van der Waals surface area contributed by atoms with Gasteiger partial charge in [-0.25, -0.2) is 0 Å². The van der Waals surface area contributed by atoms with Crippen molar-refractivity contribution < 1.29 is 23.4 Å². The highest BCUT2D eigenvalue weighted by molar-refractivity contribution is 5.80. The minimum atomic E-state index is -0.324. The third kappa shape index (κ3) is 5.51. The maximum atomic E-state index is 12.9. The lowest BCUT2D eigenvalue weighted by Gasteiger charge is -2.11. The van der Waals surface area contributed by atoms with E-state index in [-0.39, 0.29) is 23.7 Å². The highest BCUT2D eigenvalue weighted by Gasteiger charge is 2.13. The van der Waals surface area contributed by atoms with Crippen LogP contribution in [-0.2, 0) is 11.3 Å². The molecule has 0 saturated heterocycles. The van der Waals surface area contributed by atoms with E-state index in [2.05, 4.69) is 5.32 Å². The first-order valence-electron chi connectivity index (χ1n) is 10.5. The van der Waals surface area contributed by atoms with Crippen molar-refractivity contribution in [1.29, 1.82) is 0 Å². The van der Waals surface area contributed by atoms with Crippen LogP contribution < -0.4 is 25.0 Å². The van der Waals surface area contributed by atoms with E-state index < -0.39 is 0 Å². The van der Waals surface area contributed by atoms with Gasteiger partial charge in [-0.1, -0.05) is 42.5 Å². The smallest absolute Gasteiger partial charge is 0.258 e. The molecule has 0 aliphatic heterocycles. The van der Waals surface area contributed by atoms with Crippen LogP contribution in [0.1, 0.15) is 12.5 Å². The zero-order valence-electron chi connectivity index (χ0n) is 18.1. The molecule has 1 N–H and O–H groups in total. The fourth-order valence-electron chi connectivity index (χ4n) is 3.18. The molecule has 0 spiro atoms. The van der Waals surface area contributed by atoms with E-state index in [1.54, 1.807) is 36.4 Å². The van der Waals surface area contributed by atoms with Gasteiger partial charge in [-0.05, 0) is 36.8 Å². The summed E-state index contributed by atoms with van der Waals surface area (Å²) in [5, 5.41) is 3.13. The molecule has 0 atom stereocenters. The number of carbonyl (C=O) groups is 1. The number of amides is 1. The fraction of sp³-hybridized carbons (Fsp3) is 0.154. The second kappa shape index (κ2) is 10.4. The maximum absolute atomic E-state index is 12.9. The van der Waals surface area contributed by atoms with Crippen molar-refractivity contribution in [2.45, 2.75) is 13.5 Å². The Bertz CT molecular complexity index is 1300. The molecule has 1 amide bonds. The molecule has 1 heterocycles. The van der Waals surface area contributed by atoms with Gasteiger partial charge in [0.15, 0.2) is 18.1 Å². The summed E-state index contributed by atoms with van der Waals surface area (Å²) in [5.41, 5.74) is 1.00. The molecule has 0 unspecified atom stereocenters. The molecule has 0 saturated carbocycles. The third-order valence-electron chi connectivity index (χ3n) is 4.79. The standard InChI is InChI=1S/C26H23NO6/c1-2-30-21-10-6-7-11-22(21)33-24-16-32-23-14-19(12-13-20(23)26(24)29)31-17-25(28)27-15-18-8-4-3-5-9-18/h3-14,16H,2,15,17H2,1H3,(H,27,28). The van der Waals surface area contributed by atoms with Gasteiger partial charge in [0.05, 0.1) is 12.0 Å². The van der Waals surface area contributed by atoms with E-state index in [9.17, 15) is 9.59 Å². The fourth-order valence-corrected chi connectivity index (χ4v) is 3.18. The molecule has 3 aromatic carbocycles. The van der Waals surface area contributed by atoms with Crippen LogP contribution >= 0.6 is 0 Å². The van der Waals surface area contributed by atoms with E-state index in [0.717, 1.165) is 5.56 Å². The van der Waals surface area contributed by atoms with Crippen LogP contribution in [0.15, 0.2) is 88.3 Å². The van der Waals surface area contributed by atoms with Gasteiger partial charge in [0.25, 0.3) is 5.91 Å². The summed E-state index contributed by atoms with van der Waals surface area (Å²) < 4.78 is 22.4. The molecule has 4 rings (SSSR count). The van der Waals surface area contributed by atoms with Gasteiger partial charge in [0, 0.05) is 12.6 Å². The second-order valence-electron chi connectivity index (χ2n) is 7.12. The number of hydrogen-bond acceptors (Lipinski definition) is 6. The number of benzene rings is 3. The quantitative estimate of drug-likeness (QED) is 0.403. The van der Waals surface area contributed by atoms with Crippen molar-refractivity contribution in [3.63, 3.8) is 0 Å². The predicted molar refractivity (Wildman–Crippen MR) is 124 cm³/mol. The third-order valence-corrected chi connectivity index (χ3v) is 4.79. The van der Waals surface area contributed by atoms with Crippen LogP contribution in [0.2, 0.25) is 0 Å². The van der Waals surface area contributed by atoms with Gasteiger partial charge >= 0.3 is 0 Å². The summed E-state index contributed by atoms with van der Waals surface area (Å²) in [6, 6.07) is 21.5. The number of carbonyl (C=O) groups excluding carboxylic acids is 1. The molecule has 33 heavy (non-hydrogen) atoms. The molecule has 0 aliphatic rings. The summed E-state index contributed by atoms with van der Waals surface area (Å²) in [7, 11) is 0. The lowest BCUT2D eigenvalue weighted by molar-refractivity contribution is -0.123.